The Hall–Kier alpha value is -0.940. The molecule has 1 heterocycles. The fourth-order valence-corrected chi connectivity index (χ4v) is 2.68. The molecule has 1 amide bonds. The van der Waals surface area contributed by atoms with Crippen LogP contribution in [0.5, 0.6) is 0 Å². The van der Waals surface area contributed by atoms with Crippen molar-refractivity contribution in [3.63, 3.8) is 0 Å². The highest BCUT2D eigenvalue weighted by molar-refractivity contribution is 7.11. The first-order chi connectivity index (χ1) is 8.63. The van der Waals surface area contributed by atoms with Gasteiger partial charge in [-0.1, -0.05) is 0 Å². The summed E-state index contributed by atoms with van der Waals surface area (Å²) in [4.78, 5) is 17.2. The van der Waals surface area contributed by atoms with E-state index in [4.69, 9.17) is 4.74 Å². The smallest absolute Gasteiger partial charge is 0.220 e. The van der Waals surface area contributed by atoms with Gasteiger partial charge in [-0.3, -0.25) is 4.79 Å². The van der Waals surface area contributed by atoms with E-state index in [0.717, 1.165) is 36.6 Å². The molecule has 0 aromatic carbocycles. The van der Waals surface area contributed by atoms with Gasteiger partial charge in [0.15, 0.2) is 0 Å². The number of thiazole rings is 1. The van der Waals surface area contributed by atoms with Crippen LogP contribution in [-0.4, -0.2) is 31.2 Å². The van der Waals surface area contributed by atoms with Crippen molar-refractivity contribution < 1.29 is 9.53 Å². The molecule has 1 rings (SSSR count). The minimum absolute atomic E-state index is 0.130. The van der Waals surface area contributed by atoms with Crippen LogP contribution in [-0.2, 0) is 16.0 Å². The van der Waals surface area contributed by atoms with Crippen molar-refractivity contribution in [2.75, 3.05) is 20.3 Å². The number of aromatic nitrogens is 1. The molecule has 0 aliphatic carbocycles. The van der Waals surface area contributed by atoms with Crippen LogP contribution in [0.1, 0.15) is 34.8 Å². The first-order valence-electron chi connectivity index (χ1n) is 6.32. The Kier molecular flexibility index (Phi) is 6.90. The van der Waals surface area contributed by atoms with Gasteiger partial charge in [-0.25, -0.2) is 4.98 Å². The highest BCUT2D eigenvalue weighted by Gasteiger charge is 2.05. The molecule has 0 saturated heterocycles. The molecule has 0 radical (unpaired) electrons. The van der Waals surface area contributed by atoms with Crippen LogP contribution in [0, 0.1) is 13.8 Å². The summed E-state index contributed by atoms with van der Waals surface area (Å²) in [5, 5.41) is 4.03. The maximum absolute atomic E-state index is 11.5. The maximum Gasteiger partial charge on any atom is 0.220 e. The SMILES string of the molecule is COCCCCC(=O)NCCc1sc(C)nc1C. The van der Waals surface area contributed by atoms with Gasteiger partial charge in [0.1, 0.15) is 0 Å². The van der Waals surface area contributed by atoms with Gasteiger partial charge in [0.2, 0.25) is 5.91 Å². The minimum atomic E-state index is 0.130. The first-order valence-corrected chi connectivity index (χ1v) is 7.13. The predicted octanol–water partition coefficient (Wildman–Crippen LogP) is 2.24. The minimum Gasteiger partial charge on any atom is -0.385 e. The monoisotopic (exact) mass is 270 g/mol. The van der Waals surface area contributed by atoms with E-state index in [1.165, 1.54) is 4.88 Å². The molecule has 0 aliphatic rings. The standard InChI is InChI=1S/C13H22N2O2S/c1-10-12(18-11(2)15-10)7-8-14-13(16)6-4-5-9-17-3/h4-9H2,1-3H3,(H,14,16). The fourth-order valence-electron chi connectivity index (χ4n) is 1.74. The Balaban J connectivity index is 2.13. The summed E-state index contributed by atoms with van der Waals surface area (Å²) in [6, 6.07) is 0. The molecule has 5 heteroatoms. The van der Waals surface area contributed by atoms with Gasteiger partial charge in [-0.2, -0.15) is 0 Å². The second-order valence-corrected chi connectivity index (χ2v) is 5.58. The number of ether oxygens (including phenoxy) is 1. The van der Waals surface area contributed by atoms with Crippen molar-refractivity contribution in [1.82, 2.24) is 10.3 Å². The number of unbranched alkanes of at least 4 members (excludes halogenated alkanes) is 1. The number of methoxy groups -OCH3 is 1. The van der Waals surface area contributed by atoms with Gasteiger partial charge >= 0.3 is 0 Å². The van der Waals surface area contributed by atoms with Gasteiger partial charge in [0.05, 0.1) is 10.7 Å². The number of aryl methyl sites for hydroxylation is 2. The van der Waals surface area contributed by atoms with Gasteiger partial charge < -0.3 is 10.1 Å². The van der Waals surface area contributed by atoms with Crippen molar-refractivity contribution >= 4 is 17.2 Å². The third kappa shape index (κ3) is 5.60. The molecule has 0 fully saturated rings. The van der Waals surface area contributed by atoms with Crippen LogP contribution in [0.2, 0.25) is 0 Å². The summed E-state index contributed by atoms with van der Waals surface area (Å²) in [6.07, 6.45) is 3.29. The number of amides is 1. The Morgan fingerprint density at radius 2 is 2.17 bits per heavy atom. The van der Waals surface area contributed by atoms with E-state index >= 15 is 0 Å². The Bertz CT molecular complexity index is 377. The fraction of sp³-hybridized carbons (Fsp3) is 0.692. The Morgan fingerprint density at radius 3 is 2.78 bits per heavy atom. The van der Waals surface area contributed by atoms with Crippen molar-refractivity contribution in [1.29, 1.82) is 0 Å². The molecule has 0 spiro atoms. The molecular formula is C13H22N2O2S. The zero-order valence-electron chi connectivity index (χ0n) is 11.4. The highest BCUT2D eigenvalue weighted by Crippen LogP contribution is 2.17. The van der Waals surface area contributed by atoms with Crippen LogP contribution in [0.15, 0.2) is 0 Å². The first kappa shape index (κ1) is 15.1. The van der Waals surface area contributed by atoms with Crippen LogP contribution in [0.4, 0.5) is 0 Å². The van der Waals surface area contributed by atoms with E-state index in [9.17, 15) is 4.79 Å². The molecule has 1 aromatic rings. The number of hydrogen-bond donors (Lipinski definition) is 1. The van der Waals surface area contributed by atoms with Gasteiger partial charge in [0.25, 0.3) is 0 Å². The zero-order chi connectivity index (χ0) is 13.4. The van der Waals surface area contributed by atoms with E-state index in [2.05, 4.69) is 10.3 Å². The lowest BCUT2D eigenvalue weighted by atomic mass is 10.2. The second-order valence-electron chi connectivity index (χ2n) is 4.29. The number of carbonyl (C=O) groups excluding carboxylic acids is 1. The molecule has 4 nitrogen and oxygen atoms in total. The number of nitrogens with zero attached hydrogens (tertiary/aromatic N) is 1. The zero-order valence-corrected chi connectivity index (χ0v) is 12.2. The lowest BCUT2D eigenvalue weighted by Gasteiger charge is -2.04. The number of rotatable bonds is 8. The third-order valence-electron chi connectivity index (χ3n) is 2.68. The van der Waals surface area contributed by atoms with Crippen molar-refractivity contribution in [2.45, 2.75) is 39.5 Å². The Morgan fingerprint density at radius 1 is 1.39 bits per heavy atom. The summed E-state index contributed by atoms with van der Waals surface area (Å²) in [5.74, 6) is 0.130. The topological polar surface area (TPSA) is 51.2 Å². The van der Waals surface area contributed by atoms with Gasteiger partial charge in [-0.05, 0) is 26.7 Å². The van der Waals surface area contributed by atoms with E-state index in [1.807, 2.05) is 13.8 Å². The molecule has 0 bridgehead atoms. The summed E-state index contributed by atoms with van der Waals surface area (Å²) in [7, 11) is 1.68. The van der Waals surface area contributed by atoms with Crippen LogP contribution in [0.25, 0.3) is 0 Å². The summed E-state index contributed by atoms with van der Waals surface area (Å²) >= 11 is 1.71. The summed E-state index contributed by atoms with van der Waals surface area (Å²) in [5.41, 5.74) is 1.09. The van der Waals surface area contributed by atoms with Gasteiger partial charge in [-0.15, -0.1) is 11.3 Å². The lowest BCUT2D eigenvalue weighted by molar-refractivity contribution is -0.121. The second kappa shape index (κ2) is 8.21. The molecule has 0 saturated carbocycles. The lowest BCUT2D eigenvalue weighted by Crippen LogP contribution is -2.25. The summed E-state index contributed by atoms with van der Waals surface area (Å²) < 4.78 is 4.94. The van der Waals surface area contributed by atoms with Crippen LogP contribution < -0.4 is 5.32 Å². The normalized spacial score (nSPS) is 10.6. The van der Waals surface area contributed by atoms with E-state index in [1.54, 1.807) is 18.4 Å². The molecule has 102 valence electrons. The number of hydrogen-bond acceptors (Lipinski definition) is 4. The van der Waals surface area contributed by atoms with Crippen molar-refractivity contribution in [2.24, 2.45) is 0 Å². The highest BCUT2D eigenvalue weighted by atomic mass is 32.1. The predicted molar refractivity (Wildman–Crippen MR) is 74.0 cm³/mol. The van der Waals surface area contributed by atoms with Crippen LogP contribution in [0.3, 0.4) is 0 Å². The average Bonchev–Trinajstić information content (AvgIpc) is 2.64. The molecule has 0 aliphatic heterocycles. The van der Waals surface area contributed by atoms with Crippen molar-refractivity contribution in [3.05, 3.63) is 15.6 Å². The quantitative estimate of drug-likeness (QED) is 0.737. The third-order valence-corrected chi connectivity index (χ3v) is 3.81. The molecule has 1 aromatic heterocycles. The summed E-state index contributed by atoms with van der Waals surface area (Å²) in [6.45, 7) is 5.46. The van der Waals surface area contributed by atoms with E-state index in [0.29, 0.717) is 13.0 Å². The molecule has 0 atom stereocenters. The van der Waals surface area contributed by atoms with E-state index < -0.39 is 0 Å². The van der Waals surface area contributed by atoms with Crippen LogP contribution >= 0.6 is 11.3 Å². The largest absolute Gasteiger partial charge is 0.385 e. The molecule has 1 N–H and O–H groups in total. The Labute approximate surface area is 113 Å². The molecule has 0 unspecified atom stereocenters. The average molecular weight is 270 g/mol. The molecular weight excluding hydrogens is 248 g/mol. The number of nitrogens with one attached hydrogen (secondary N) is 1. The number of carbonyl (C=O) groups is 1. The van der Waals surface area contributed by atoms with Gasteiger partial charge in [0, 0.05) is 38.0 Å². The van der Waals surface area contributed by atoms with E-state index in [-0.39, 0.29) is 5.91 Å². The maximum atomic E-state index is 11.5. The van der Waals surface area contributed by atoms with Crippen molar-refractivity contribution in [3.8, 4) is 0 Å². The molecule has 18 heavy (non-hydrogen) atoms.